The van der Waals surface area contributed by atoms with E-state index in [1.54, 1.807) is 18.0 Å². The molecule has 0 saturated heterocycles. The van der Waals surface area contributed by atoms with E-state index in [-0.39, 0.29) is 5.91 Å². The van der Waals surface area contributed by atoms with Crippen molar-refractivity contribution in [3.63, 3.8) is 0 Å². The molecule has 0 saturated carbocycles. The summed E-state index contributed by atoms with van der Waals surface area (Å²) in [5.74, 6) is 1.83. The van der Waals surface area contributed by atoms with Crippen molar-refractivity contribution in [1.82, 2.24) is 20.3 Å². The van der Waals surface area contributed by atoms with Crippen LogP contribution in [0.3, 0.4) is 0 Å². The zero-order valence-corrected chi connectivity index (χ0v) is 21.7. The van der Waals surface area contributed by atoms with E-state index < -0.39 is 0 Å². The lowest BCUT2D eigenvalue weighted by molar-refractivity contribution is 0.0950. The highest BCUT2D eigenvalue weighted by atomic mass is 32.2. The molecule has 0 atom stereocenters. The number of carbonyl (C=O) groups excluding carboxylic acids is 1. The molecule has 2 aromatic heterocycles. The molecule has 0 fully saturated rings. The van der Waals surface area contributed by atoms with Gasteiger partial charge in [-0.15, -0.1) is 0 Å². The molecule has 4 rings (SSSR count). The quantitative estimate of drug-likeness (QED) is 0.219. The summed E-state index contributed by atoms with van der Waals surface area (Å²) in [5, 5.41) is 3.67. The van der Waals surface area contributed by atoms with Gasteiger partial charge in [-0.2, -0.15) is 0 Å². The second kappa shape index (κ2) is 12.3. The predicted octanol–water partition coefficient (Wildman–Crippen LogP) is 5.85. The molecular formula is C29H31N5OS. The number of carbonyl (C=O) groups is 1. The van der Waals surface area contributed by atoms with Crippen LogP contribution in [0, 0.1) is 0 Å². The maximum Gasteiger partial charge on any atom is 0.251 e. The third kappa shape index (κ3) is 7.15. The van der Waals surface area contributed by atoms with Crippen LogP contribution in [0.2, 0.25) is 0 Å². The van der Waals surface area contributed by atoms with Crippen molar-refractivity contribution >= 4 is 23.5 Å². The third-order valence-electron chi connectivity index (χ3n) is 5.70. The van der Waals surface area contributed by atoms with E-state index >= 15 is 0 Å². The third-order valence-corrected chi connectivity index (χ3v) is 6.62. The first-order valence-electron chi connectivity index (χ1n) is 12.0. The van der Waals surface area contributed by atoms with E-state index in [1.807, 2.05) is 48.5 Å². The molecule has 0 aliphatic carbocycles. The number of rotatable bonds is 10. The number of benzene rings is 2. The fraction of sp³-hybridized carbons (Fsp3) is 0.241. The highest BCUT2D eigenvalue weighted by Crippen LogP contribution is 2.26. The van der Waals surface area contributed by atoms with Crippen LogP contribution >= 0.6 is 11.8 Å². The van der Waals surface area contributed by atoms with E-state index in [9.17, 15) is 4.79 Å². The Morgan fingerprint density at radius 2 is 1.69 bits per heavy atom. The van der Waals surface area contributed by atoms with E-state index in [1.165, 1.54) is 5.56 Å². The Hall–Kier alpha value is -3.71. The SMILES string of the molecule is CC(C)c1cc(N(C)Cc2ccccc2)nc(SCc2ccc(C(=O)NCc3ccccn3)cc2)n1. The Balaban J connectivity index is 1.38. The largest absolute Gasteiger partial charge is 0.355 e. The lowest BCUT2D eigenvalue weighted by Gasteiger charge is -2.20. The second-order valence-corrected chi connectivity index (χ2v) is 9.86. The van der Waals surface area contributed by atoms with Gasteiger partial charge in [0.15, 0.2) is 5.16 Å². The topological polar surface area (TPSA) is 71.0 Å². The summed E-state index contributed by atoms with van der Waals surface area (Å²) in [7, 11) is 2.06. The molecule has 2 aromatic carbocycles. The molecule has 2 heterocycles. The normalized spacial score (nSPS) is 10.9. The molecule has 1 amide bonds. The predicted molar refractivity (Wildman–Crippen MR) is 146 cm³/mol. The maximum atomic E-state index is 12.5. The first-order valence-corrected chi connectivity index (χ1v) is 13.0. The molecule has 6 nitrogen and oxygen atoms in total. The van der Waals surface area contributed by atoms with Crippen molar-refractivity contribution in [2.75, 3.05) is 11.9 Å². The van der Waals surface area contributed by atoms with Crippen LogP contribution < -0.4 is 10.2 Å². The summed E-state index contributed by atoms with van der Waals surface area (Å²) in [5.41, 5.74) is 4.84. The number of thioether (sulfide) groups is 1. The fourth-order valence-electron chi connectivity index (χ4n) is 3.60. The average Bonchev–Trinajstić information content (AvgIpc) is 2.91. The molecule has 1 N–H and O–H groups in total. The summed E-state index contributed by atoms with van der Waals surface area (Å²) in [6.45, 7) is 5.48. The zero-order valence-electron chi connectivity index (χ0n) is 20.9. The van der Waals surface area contributed by atoms with Gasteiger partial charge >= 0.3 is 0 Å². The minimum Gasteiger partial charge on any atom is -0.355 e. The van der Waals surface area contributed by atoms with E-state index in [4.69, 9.17) is 9.97 Å². The van der Waals surface area contributed by atoms with Crippen LogP contribution in [0.15, 0.2) is 90.2 Å². The van der Waals surface area contributed by atoms with E-state index in [0.29, 0.717) is 18.0 Å². The van der Waals surface area contributed by atoms with Gasteiger partial charge in [0.2, 0.25) is 0 Å². The van der Waals surface area contributed by atoms with Crippen molar-refractivity contribution in [2.24, 2.45) is 0 Å². The summed E-state index contributed by atoms with van der Waals surface area (Å²) < 4.78 is 0. The molecule has 36 heavy (non-hydrogen) atoms. The van der Waals surface area contributed by atoms with Gasteiger partial charge in [0, 0.05) is 42.9 Å². The molecule has 7 heteroatoms. The van der Waals surface area contributed by atoms with Gasteiger partial charge in [-0.1, -0.05) is 74.1 Å². The summed E-state index contributed by atoms with van der Waals surface area (Å²) in [6.07, 6.45) is 1.72. The Labute approximate surface area is 217 Å². The molecule has 0 bridgehead atoms. The Kier molecular flexibility index (Phi) is 8.68. The van der Waals surface area contributed by atoms with Crippen LogP contribution in [0.4, 0.5) is 5.82 Å². The van der Waals surface area contributed by atoms with Crippen molar-refractivity contribution in [1.29, 1.82) is 0 Å². The molecule has 4 aromatic rings. The van der Waals surface area contributed by atoms with Gasteiger partial charge in [0.1, 0.15) is 5.82 Å². The Morgan fingerprint density at radius 1 is 0.944 bits per heavy atom. The molecule has 0 radical (unpaired) electrons. The molecule has 184 valence electrons. The minimum atomic E-state index is -0.112. The summed E-state index contributed by atoms with van der Waals surface area (Å²) in [4.78, 5) is 28.5. The smallest absolute Gasteiger partial charge is 0.251 e. The number of nitrogens with zero attached hydrogens (tertiary/aromatic N) is 4. The number of aromatic nitrogens is 3. The van der Waals surface area contributed by atoms with Crippen LogP contribution in [0.5, 0.6) is 0 Å². The monoisotopic (exact) mass is 497 g/mol. The summed E-state index contributed by atoms with van der Waals surface area (Å²) in [6, 6.07) is 25.8. The number of anilines is 1. The van der Waals surface area contributed by atoms with E-state index in [2.05, 4.69) is 66.4 Å². The second-order valence-electron chi connectivity index (χ2n) is 8.92. The van der Waals surface area contributed by atoms with Gasteiger partial charge in [0.25, 0.3) is 5.91 Å². The van der Waals surface area contributed by atoms with Crippen molar-refractivity contribution in [2.45, 2.75) is 43.8 Å². The lowest BCUT2D eigenvalue weighted by atomic mass is 10.1. The van der Waals surface area contributed by atoms with Gasteiger partial charge in [-0.25, -0.2) is 9.97 Å². The number of nitrogens with one attached hydrogen (secondary N) is 1. The zero-order chi connectivity index (χ0) is 25.3. The van der Waals surface area contributed by atoms with Crippen LogP contribution in [0.25, 0.3) is 0 Å². The maximum absolute atomic E-state index is 12.5. The molecule has 0 aliphatic rings. The van der Waals surface area contributed by atoms with E-state index in [0.717, 1.165) is 40.2 Å². The van der Waals surface area contributed by atoms with Crippen LogP contribution in [-0.2, 0) is 18.8 Å². The number of amides is 1. The van der Waals surface area contributed by atoms with Gasteiger partial charge in [0.05, 0.1) is 12.2 Å². The van der Waals surface area contributed by atoms with Gasteiger partial charge in [-0.05, 0) is 41.3 Å². The minimum absolute atomic E-state index is 0.112. The lowest BCUT2D eigenvalue weighted by Crippen LogP contribution is -2.23. The number of pyridine rings is 1. The fourth-order valence-corrected chi connectivity index (χ4v) is 4.42. The number of hydrogen-bond donors (Lipinski definition) is 1. The highest BCUT2D eigenvalue weighted by molar-refractivity contribution is 7.98. The molecule has 0 spiro atoms. The number of hydrogen-bond acceptors (Lipinski definition) is 6. The van der Waals surface area contributed by atoms with Gasteiger partial charge < -0.3 is 10.2 Å². The van der Waals surface area contributed by atoms with Crippen LogP contribution in [0.1, 0.15) is 52.6 Å². The summed E-state index contributed by atoms with van der Waals surface area (Å²) >= 11 is 1.61. The van der Waals surface area contributed by atoms with Crippen molar-refractivity contribution in [3.05, 3.63) is 113 Å². The van der Waals surface area contributed by atoms with Crippen LogP contribution in [-0.4, -0.2) is 27.9 Å². The Morgan fingerprint density at radius 3 is 2.39 bits per heavy atom. The average molecular weight is 498 g/mol. The van der Waals surface area contributed by atoms with Gasteiger partial charge in [-0.3, -0.25) is 9.78 Å². The molecule has 0 unspecified atom stereocenters. The first-order chi connectivity index (χ1) is 17.5. The molecule has 0 aliphatic heterocycles. The van der Waals surface area contributed by atoms with Crippen molar-refractivity contribution < 1.29 is 4.79 Å². The highest BCUT2D eigenvalue weighted by Gasteiger charge is 2.13. The molecular weight excluding hydrogens is 466 g/mol. The Bertz CT molecular complexity index is 1260. The first kappa shape index (κ1) is 25.4. The standard InChI is InChI=1S/C29H31N5OS/c1-21(2)26-17-27(34(3)19-22-9-5-4-6-10-22)33-29(32-26)36-20-23-12-14-24(15-13-23)28(35)31-18-25-11-7-8-16-30-25/h4-17,21H,18-20H2,1-3H3,(H,31,35). The van der Waals surface area contributed by atoms with Crippen molar-refractivity contribution in [3.8, 4) is 0 Å².